The van der Waals surface area contributed by atoms with Gasteiger partial charge >= 0.3 is 0 Å². The summed E-state index contributed by atoms with van der Waals surface area (Å²) in [7, 11) is 0. The van der Waals surface area contributed by atoms with Crippen molar-refractivity contribution in [3.63, 3.8) is 0 Å². The Balaban J connectivity index is 1.45. The zero-order chi connectivity index (χ0) is 25.1. The van der Waals surface area contributed by atoms with Gasteiger partial charge < -0.3 is 10.6 Å². The van der Waals surface area contributed by atoms with Gasteiger partial charge in [-0.15, -0.1) is 5.10 Å². The van der Waals surface area contributed by atoms with E-state index in [4.69, 9.17) is 10.4 Å². The molecular weight excluding hydrogens is 468 g/mol. The van der Waals surface area contributed by atoms with Gasteiger partial charge in [0.05, 0.1) is 28.9 Å². The summed E-state index contributed by atoms with van der Waals surface area (Å²) in [5.41, 5.74) is 11.0. The molecule has 3 heterocycles. The van der Waals surface area contributed by atoms with Crippen LogP contribution in [-0.2, 0) is 13.0 Å². The Morgan fingerprint density at radius 1 is 1.22 bits per heavy atom. The molecule has 0 saturated carbocycles. The van der Waals surface area contributed by atoms with Gasteiger partial charge in [-0.05, 0) is 40.9 Å². The number of nitro benzene ring substituents is 1. The maximum atomic E-state index is 13.0. The molecule has 1 aliphatic rings. The number of nitrogens with zero attached hydrogens (tertiary/aromatic N) is 8. The van der Waals surface area contributed by atoms with Crippen LogP contribution in [0.4, 0.5) is 17.2 Å². The predicted octanol–water partition coefficient (Wildman–Crippen LogP) is 1.86. The third kappa shape index (κ3) is 4.34. The number of hydrogen-bond donors (Lipinski definition) is 2. The number of carbonyl (C=O) groups excluding carboxylic acids is 1. The highest BCUT2D eigenvalue weighted by molar-refractivity contribution is 5.94. The highest BCUT2D eigenvalue weighted by Gasteiger charge is 2.27. The van der Waals surface area contributed by atoms with E-state index in [1.165, 1.54) is 28.6 Å². The zero-order valence-corrected chi connectivity index (χ0v) is 18.8. The molecule has 2 aromatic carbocycles. The summed E-state index contributed by atoms with van der Waals surface area (Å²) in [6.07, 6.45) is 3.09. The van der Waals surface area contributed by atoms with Gasteiger partial charge in [0.25, 0.3) is 11.6 Å². The zero-order valence-electron chi connectivity index (χ0n) is 18.8. The molecule has 2 aromatic heterocycles. The summed E-state index contributed by atoms with van der Waals surface area (Å²) < 4.78 is 6.02. The Hall–Kier alpha value is -5.14. The lowest BCUT2D eigenvalue weighted by molar-refractivity contribution is -0.385. The molecule has 0 bridgehead atoms. The van der Waals surface area contributed by atoms with E-state index >= 15 is 0 Å². The molecule has 4 aromatic rings. The van der Waals surface area contributed by atoms with E-state index in [1.807, 2.05) is 18.2 Å². The molecule has 1 aliphatic heterocycles. The van der Waals surface area contributed by atoms with Gasteiger partial charge in [-0.1, -0.05) is 35.5 Å². The number of benzene rings is 2. The van der Waals surface area contributed by atoms with Crippen LogP contribution >= 0.6 is 0 Å². The van der Waals surface area contributed by atoms with Crippen molar-refractivity contribution in [2.24, 2.45) is 5.10 Å². The normalized spacial score (nSPS) is 13.1. The first-order valence-corrected chi connectivity index (χ1v) is 11.0. The molecule has 14 nitrogen and oxygen atoms in total. The highest BCUT2D eigenvalue weighted by atomic mass is 16.6. The summed E-state index contributed by atoms with van der Waals surface area (Å²) in [5.74, 6) is -0.571. The Morgan fingerprint density at radius 3 is 2.83 bits per heavy atom. The Bertz CT molecular complexity index is 1460. The van der Waals surface area contributed by atoms with E-state index in [1.54, 1.807) is 12.1 Å². The van der Waals surface area contributed by atoms with E-state index < -0.39 is 10.8 Å². The number of aromatic nitrogens is 5. The number of nitrogen functional groups attached to an aromatic ring is 1. The number of amides is 1. The summed E-state index contributed by atoms with van der Waals surface area (Å²) in [6.45, 7) is 1.03. The molecule has 36 heavy (non-hydrogen) atoms. The van der Waals surface area contributed by atoms with Gasteiger partial charge in [-0.2, -0.15) is 9.78 Å². The Kier molecular flexibility index (Phi) is 6.05. The molecular formula is C22H20N10O4. The second-order valence-electron chi connectivity index (χ2n) is 7.94. The number of hydrogen-bond acceptors (Lipinski definition) is 11. The second kappa shape index (κ2) is 9.61. The molecule has 14 heteroatoms. The lowest BCUT2D eigenvalue weighted by Crippen LogP contribution is -2.31. The second-order valence-corrected chi connectivity index (χ2v) is 7.94. The number of nitrogens with two attached hydrogens (primary N) is 1. The van der Waals surface area contributed by atoms with Crippen LogP contribution in [0.25, 0.3) is 5.82 Å². The first kappa shape index (κ1) is 22.6. The van der Waals surface area contributed by atoms with Crippen LogP contribution in [0.15, 0.2) is 58.3 Å². The fraction of sp³-hybridized carbons (Fsp3) is 0.182. The molecule has 0 spiro atoms. The highest BCUT2D eigenvalue weighted by Crippen LogP contribution is 2.29. The Labute approximate surface area is 203 Å². The monoisotopic (exact) mass is 488 g/mol. The lowest BCUT2D eigenvalue weighted by Gasteiger charge is -2.31. The summed E-state index contributed by atoms with van der Waals surface area (Å²) >= 11 is 0. The van der Waals surface area contributed by atoms with Crippen molar-refractivity contribution < 1.29 is 14.3 Å². The third-order valence-electron chi connectivity index (χ3n) is 5.72. The number of rotatable bonds is 7. The van der Waals surface area contributed by atoms with Crippen LogP contribution in [0, 0.1) is 10.1 Å². The average Bonchev–Trinajstić information content (AvgIpc) is 3.50. The quantitative estimate of drug-likeness (QED) is 0.221. The van der Waals surface area contributed by atoms with Crippen molar-refractivity contribution in [3.8, 4) is 5.82 Å². The van der Waals surface area contributed by atoms with Crippen molar-refractivity contribution in [2.75, 3.05) is 17.2 Å². The van der Waals surface area contributed by atoms with E-state index in [0.717, 1.165) is 25.1 Å². The van der Waals surface area contributed by atoms with Gasteiger partial charge in [0.15, 0.2) is 5.69 Å². The fourth-order valence-electron chi connectivity index (χ4n) is 4.06. The van der Waals surface area contributed by atoms with E-state index in [9.17, 15) is 14.9 Å². The minimum absolute atomic E-state index is 0.0124. The third-order valence-corrected chi connectivity index (χ3v) is 5.72. The average molecular weight is 488 g/mol. The van der Waals surface area contributed by atoms with Gasteiger partial charge in [-0.25, -0.2) is 10.1 Å². The van der Waals surface area contributed by atoms with E-state index in [2.05, 4.69) is 42.1 Å². The fourth-order valence-corrected chi connectivity index (χ4v) is 4.06. The number of carbonyl (C=O) groups is 1. The predicted molar refractivity (Wildman–Crippen MR) is 128 cm³/mol. The standard InChI is InChI=1S/C22H20N10O4/c23-20-21(28-36-27-20)31-18(13-30-11-5-8-14-6-1-3-9-16(14)30)19(25-29-31)22(33)26-24-12-15-7-2-4-10-17(15)32(34)35/h1-4,6-7,9-10,12H,5,8,11,13H2,(H2,23,27)(H,26,33)/b24-12-. The van der Waals surface area contributed by atoms with E-state index in [-0.39, 0.29) is 35.1 Å². The SMILES string of the molecule is Nc1nonc1-n1nnc(C(=O)N/N=C\c2ccccc2[N+](=O)[O-])c1CN1CCCc2ccccc21. The molecule has 3 N–H and O–H groups in total. The molecule has 5 rings (SSSR count). The number of para-hydroxylation sites is 2. The maximum Gasteiger partial charge on any atom is 0.293 e. The molecule has 0 aliphatic carbocycles. The summed E-state index contributed by atoms with van der Waals surface area (Å²) in [5, 5.41) is 30.6. The van der Waals surface area contributed by atoms with Crippen LogP contribution in [0.1, 0.15) is 33.7 Å². The maximum absolute atomic E-state index is 13.0. The number of anilines is 2. The van der Waals surface area contributed by atoms with Gasteiger partial charge in [-0.3, -0.25) is 14.9 Å². The first-order chi connectivity index (χ1) is 17.5. The number of nitro groups is 1. The van der Waals surface area contributed by atoms with Crippen LogP contribution in [-0.4, -0.2) is 48.9 Å². The number of nitrogens with one attached hydrogen (secondary N) is 1. The van der Waals surface area contributed by atoms with Gasteiger partial charge in [0.1, 0.15) is 0 Å². The summed E-state index contributed by atoms with van der Waals surface area (Å²) in [6, 6.07) is 14.1. The van der Waals surface area contributed by atoms with E-state index in [0.29, 0.717) is 5.69 Å². The smallest absolute Gasteiger partial charge is 0.293 e. The molecule has 1 amide bonds. The van der Waals surface area contributed by atoms with Gasteiger partial charge in [0, 0.05) is 18.3 Å². The molecule has 0 atom stereocenters. The summed E-state index contributed by atoms with van der Waals surface area (Å²) in [4.78, 5) is 25.8. The largest absolute Gasteiger partial charge is 0.378 e. The van der Waals surface area contributed by atoms with Crippen LogP contribution in [0.2, 0.25) is 0 Å². The number of hydrazone groups is 1. The molecule has 0 fully saturated rings. The molecule has 0 saturated heterocycles. The topological polar surface area (TPSA) is 183 Å². The molecule has 0 unspecified atom stereocenters. The van der Waals surface area contributed by atoms with Crippen molar-refractivity contribution >= 4 is 29.3 Å². The van der Waals surface area contributed by atoms with Crippen molar-refractivity contribution in [3.05, 3.63) is 81.2 Å². The Morgan fingerprint density at radius 2 is 2.03 bits per heavy atom. The number of aryl methyl sites for hydroxylation is 1. The number of fused-ring (bicyclic) bond motifs is 1. The first-order valence-electron chi connectivity index (χ1n) is 11.0. The van der Waals surface area contributed by atoms with Crippen molar-refractivity contribution in [1.29, 1.82) is 0 Å². The van der Waals surface area contributed by atoms with Crippen molar-refractivity contribution in [1.82, 2.24) is 30.7 Å². The van der Waals surface area contributed by atoms with Crippen LogP contribution in [0.3, 0.4) is 0 Å². The van der Waals surface area contributed by atoms with Crippen molar-refractivity contribution in [2.45, 2.75) is 19.4 Å². The molecule has 182 valence electrons. The van der Waals surface area contributed by atoms with Gasteiger partial charge in [0.2, 0.25) is 11.6 Å². The minimum Gasteiger partial charge on any atom is -0.378 e. The molecule has 0 radical (unpaired) electrons. The lowest BCUT2D eigenvalue weighted by atomic mass is 10.0. The van der Waals surface area contributed by atoms with Crippen LogP contribution in [0.5, 0.6) is 0 Å². The van der Waals surface area contributed by atoms with Crippen LogP contribution < -0.4 is 16.1 Å². The minimum atomic E-state index is -0.661.